The number of sulfonamides is 1. The van der Waals surface area contributed by atoms with Gasteiger partial charge in [0.05, 0.1) is 15.9 Å². The summed E-state index contributed by atoms with van der Waals surface area (Å²) in [6.45, 7) is 0. The van der Waals surface area contributed by atoms with E-state index in [2.05, 4.69) is 20.0 Å². The molecule has 0 fully saturated rings. The van der Waals surface area contributed by atoms with Crippen LogP contribution in [0.1, 0.15) is 17.4 Å². The molecule has 0 aliphatic rings. The molecular weight excluding hydrogens is 448 g/mol. The minimum atomic E-state index is -3.88. The number of para-hydroxylation sites is 2. The fourth-order valence-electron chi connectivity index (χ4n) is 3.69. The molecule has 9 heteroatoms. The number of aryl methyl sites for hydroxylation is 1. The van der Waals surface area contributed by atoms with E-state index >= 15 is 0 Å². The molecule has 0 radical (unpaired) electrons. The predicted octanol–water partition coefficient (Wildman–Crippen LogP) is 4.37. The van der Waals surface area contributed by atoms with Gasteiger partial charge < -0.3 is 9.88 Å². The number of fused-ring (bicyclic) bond motifs is 1. The summed E-state index contributed by atoms with van der Waals surface area (Å²) in [5, 5.41) is 3.39. The van der Waals surface area contributed by atoms with Crippen molar-refractivity contribution in [3.63, 3.8) is 0 Å². The molecule has 0 spiro atoms. The van der Waals surface area contributed by atoms with Gasteiger partial charge in [-0.3, -0.25) is 4.72 Å². The molecule has 2 heterocycles. The van der Waals surface area contributed by atoms with Gasteiger partial charge in [-0.15, -0.1) is 0 Å². The zero-order chi connectivity index (χ0) is 23.5. The molecule has 3 aromatic carbocycles. The van der Waals surface area contributed by atoms with Gasteiger partial charge in [0.25, 0.3) is 10.0 Å². The normalized spacial score (nSPS) is 12.4. The lowest BCUT2D eigenvalue weighted by Crippen LogP contribution is -2.21. The quantitative estimate of drug-likeness (QED) is 0.366. The Morgan fingerprint density at radius 3 is 2.00 bits per heavy atom. The van der Waals surface area contributed by atoms with Gasteiger partial charge in [0.2, 0.25) is 0 Å². The fourth-order valence-corrected chi connectivity index (χ4v) is 4.72. The summed E-state index contributed by atoms with van der Waals surface area (Å²) in [7, 11) is -1.97. The van der Waals surface area contributed by atoms with Gasteiger partial charge in [-0.25, -0.2) is 23.4 Å². The average Bonchev–Trinajstić information content (AvgIpc) is 3.29. The number of anilines is 2. The van der Waals surface area contributed by atoms with Gasteiger partial charge in [0.15, 0.2) is 11.6 Å². The van der Waals surface area contributed by atoms with Crippen LogP contribution in [0, 0.1) is 0 Å². The van der Waals surface area contributed by atoms with Crippen LogP contribution in [0.25, 0.3) is 11.0 Å². The highest BCUT2D eigenvalue weighted by atomic mass is 32.2. The molecule has 1 atom stereocenters. The van der Waals surface area contributed by atoms with Crippen LogP contribution in [0.4, 0.5) is 11.6 Å². The minimum absolute atomic E-state index is 0.109. The van der Waals surface area contributed by atoms with Crippen molar-refractivity contribution in [3.8, 4) is 0 Å². The van der Waals surface area contributed by atoms with Crippen LogP contribution < -0.4 is 10.0 Å². The summed E-state index contributed by atoms with van der Waals surface area (Å²) in [5.74, 6) is 1.16. The summed E-state index contributed by atoms with van der Waals surface area (Å²) in [5.41, 5.74) is 2.16. The molecule has 0 saturated carbocycles. The smallest absolute Gasteiger partial charge is 0.263 e. The van der Waals surface area contributed by atoms with Crippen LogP contribution in [0.2, 0.25) is 0 Å². The third kappa shape index (κ3) is 4.33. The first-order valence-electron chi connectivity index (χ1n) is 10.6. The molecule has 5 aromatic rings. The predicted molar refractivity (Wildman–Crippen MR) is 132 cm³/mol. The van der Waals surface area contributed by atoms with Crippen molar-refractivity contribution in [3.05, 3.63) is 109 Å². The van der Waals surface area contributed by atoms with Crippen LogP contribution >= 0.6 is 0 Å². The number of hydrogen-bond donors (Lipinski definition) is 2. The zero-order valence-corrected chi connectivity index (χ0v) is 19.1. The SMILES string of the molecule is Cn1ccnc1C(Nc1nc2ccccc2nc1NS(=O)(=O)c1ccccc1)c1ccccc1. The number of nitrogens with one attached hydrogen (secondary N) is 2. The Hall–Kier alpha value is -4.24. The molecule has 34 heavy (non-hydrogen) atoms. The Bertz CT molecular complexity index is 1540. The van der Waals surface area contributed by atoms with Crippen LogP contribution in [-0.4, -0.2) is 27.9 Å². The lowest BCUT2D eigenvalue weighted by molar-refractivity contribution is 0.601. The number of benzene rings is 3. The van der Waals surface area contributed by atoms with Crippen molar-refractivity contribution in [1.29, 1.82) is 0 Å². The van der Waals surface area contributed by atoms with Gasteiger partial charge in [-0.1, -0.05) is 60.7 Å². The Kier molecular flexibility index (Phi) is 5.69. The van der Waals surface area contributed by atoms with Crippen molar-refractivity contribution >= 4 is 32.7 Å². The third-order valence-corrected chi connectivity index (χ3v) is 6.74. The van der Waals surface area contributed by atoms with Gasteiger partial charge in [0, 0.05) is 19.4 Å². The molecule has 0 saturated heterocycles. The highest BCUT2D eigenvalue weighted by Crippen LogP contribution is 2.30. The van der Waals surface area contributed by atoms with E-state index in [9.17, 15) is 8.42 Å². The summed E-state index contributed by atoms with van der Waals surface area (Å²) in [6.07, 6.45) is 3.58. The molecule has 0 aliphatic carbocycles. The van der Waals surface area contributed by atoms with Crippen molar-refractivity contribution in [2.24, 2.45) is 7.05 Å². The number of imidazole rings is 1. The first-order valence-corrected chi connectivity index (χ1v) is 12.1. The summed E-state index contributed by atoms with van der Waals surface area (Å²) in [6, 6.07) is 24.9. The Morgan fingerprint density at radius 1 is 0.794 bits per heavy atom. The Balaban J connectivity index is 1.62. The van der Waals surface area contributed by atoms with Crippen LogP contribution in [0.15, 0.2) is 102 Å². The second kappa shape index (κ2) is 8.95. The molecule has 5 rings (SSSR count). The van der Waals surface area contributed by atoms with E-state index in [1.807, 2.05) is 66.3 Å². The summed E-state index contributed by atoms with van der Waals surface area (Å²) >= 11 is 0. The zero-order valence-electron chi connectivity index (χ0n) is 18.3. The van der Waals surface area contributed by atoms with Crippen LogP contribution in [0.5, 0.6) is 0 Å². The number of rotatable bonds is 7. The standard InChI is InChI=1S/C25H22N6O2S/c1-31-17-16-26-25(31)22(18-10-4-2-5-11-18)29-23-24(28-21-15-9-8-14-20(21)27-23)30-34(32,33)19-12-6-3-7-13-19/h2-17,22H,1H3,(H,27,29)(H,28,30). The highest BCUT2D eigenvalue weighted by Gasteiger charge is 2.23. The van der Waals surface area contributed by atoms with Crippen molar-refractivity contribution in [1.82, 2.24) is 19.5 Å². The monoisotopic (exact) mass is 470 g/mol. The van der Waals surface area contributed by atoms with E-state index in [0.29, 0.717) is 16.9 Å². The lowest BCUT2D eigenvalue weighted by atomic mass is 10.1. The molecule has 8 nitrogen and oxygen atoms in total. The Morgan fingerprint density at radius 2 is 1.38 bits per heavy atom. The maximum absolute atomic E-state index is 13.1. The van der Waals surface area contributed by atoms with Gasteiger partial charge in [0.1, 0.15) is 11.9 Å². The second-order valence-corrected chi connectivity index (χ2v) is 9.39. The van der Waals surface area contributed by atoms with Crippen LogP contribution in [0.3, 0.4) is 0 Å². The van der Waals surface area contributed by atoms with Crippen molar-refractivity contribution in [2.75, 3.05) is 10.0 Å². The van der Waals surface area contributed by atoms with E-state index in [1.54, 1.807) is 30.5 Å². The van der Waals surface area contributed by atoms with Crippen molar-refractivity contribution in [2.45, 2.75) is 10.9 Å². The molecular formula is C25H22N6O2S. The average molecular weight is 471 g/mol. The topological polar surface area (TPSA) is 102 Å². The molecule has 2 aromatic heterocycles. The maximum atomic E-state index is 13.1. The third-order valence-electron chi connectivity index (χ3n) is 5.39. The maximum Gasteiger partial charge on any atom is 0.263 e. The number of aromatic nitrogens is 4. The number of hydrogen-bond acceptors (Lipinski definition) is 6. The van der Waals surface area contributed by atoms with E-state index in [1.165, 1.54) is 12.1 Å². The van der Waals surface area contributed by atoms with Crippen LogP contribution in [-0.2, 0) is 17.1 Å². The molecule has 0 aliphatic heterocycles. The highest BCUT2D eigenvalue weighted by molar-refractivity contribution is 7.92. The van der Waals surface area contributed by atoms with Gasteiger partial charge >= 0.3 is 0 Å². The van der Waals surface area contributed by atoms with Gasteiger partial charge in [-0.2, -0.15) is 0 Å². The molecule has 2 N–H and O–H groups in total. The molecule has 0 bridgehead atoms. The first kappa shape index (κ1) is 21.6. The molecule has 170 valence electrons. The largest absolute Gasteiger partial charge is 0.353 e. The second-order valence-electron chi connectivity index (χ2n) is 7.71. The van der Waals surface area contributed by atoms with E-state index in [4.69, 9.17) is 4.98 Å². The minimum Gasteiger partial charge on any atom is -0.353 e. The lowest BCUT2D eigenvalue weighted by Gasteiger charge is -2.21. The molecule has 0 amide bonds. The van der Waals surface area contributed by atoms with Crippen molar-refractivity contribution < 1.29 is 8.42 Å². The first-order chi connectivity index (χ1) is 16.5. The Labute approximate surface area is 197 Å². The molecule has 1 unspecified atom stereocenters. The summed E-state index contributed by atoms with van der Waals surface area (Å²) < 4.78 is 30.7. The van der Waals surface area contributed by atoms with E-state index < -0.39 is 16.1 Å². The van der Waals surface area contributed by atoms with E-state index in [-0.39, 0.29) is 10.7 Å². The van der Waals surface area contributed by atoms with E-state index in [0.717, 1.165) is 11.4 Å². The summed E-state index contributed by atoms with van der Waals surface area (Å²) in [4.78, 5) is 14.0. The number of nitrogens with zero attached hydrogens (tertiary/aromatic N) is 4. The fraction of sp³-hybridized carbons (Fsp3) is 0.0800. The van der Waals surface area contributed by atoms with Gasteiger partial charge in [-0.05, 0) is 29.8 Å².